The van der Waals surface area contributed by atoms with Crippen molar-refractivity contribution in [1.82, 2.24) is 0 Å². The first kappa shape index (κ1) is 22.2. The summed E-state index contributed by atoms with van der Waals surface area (Å²) in [5, 5.41) is -0.355. The van der Waals surface area contributed by atoms with Crippen LogP contribution in [0, 0.1) is 13.8 Å². The van der Waals surface area contributed by atoms with E-state index in [2.05, 4.69) is 0 Å². The van der Waals surface area contributed by atoms with Crippen LogP contribution in [0.25, 0.3) is 17.4 Å². The standard InChI is InChI=1S/C23H15ClF3NO3S/c1-12-3-5-15(9-13(12)2)28-21(29)20(32-22(28)30)11-16-6-8-19(31-16)17-10-14(23(25,26)27)4-7-18(17)24/h3-11H,1-2H3/b20-11-. The minimum Gasteiger partial charge on any atom is -0.457 e. The van der Waals surface area contributed by atoms with Gasteiger partial charge in [-0.05, 0) is 79.2 Å². The van der Waals surface area contributed by atoms with E-state index in [4.69, 9.17) is 16.0 Å². The molecule has 0 saturated carbocycles. The Bertz CT molecular complexity index is 1280. The lowest BCUT2D eigenvalue weighted by Gasteiger charge is -2.14. The molecule has 1 aromatic heterocycles. The monoisotopic (exact) mass is 477 g/mol. The van der Waals surface area contributed by atoms with E-state index in [1.54, 1.807) is 12.1 Å². The van der Waals surface area contributed by atoms with Gasteiger partial charge in [0, 0.05) is 11.6 Å². The van der Waals surface area contributed by atoms with Crippen molar-refractivity contribution < 1.29 is 27.2 Å². The van der Waals surface area contributed by atoms with Crippen molar-refractivity contribution in [3.05, 3.63) is 80.9 Å². The van der Waals surface area contributed by atoms with Gasteiger partial charge in [-0.3, -0.25) is 9.59 Å². The number of thioether (sulfide) groups is 1. The van der Waals surface area contributed by atoms with Crippen molar-refractivity contribution in [3.63, 3.8) is 0 Å². The highest BCUT2D eigenvalue weighted by Crippen LogP contribution is 2.39. The number of nitrogens with zero attached hydrogens (tertiary/aromatic N) is 1. The first-order valence-corrected chi connectivity index (χ1v) is 10.6. The maximum absolute atomic E-state index is 13.0. The molecule has 1 aliphatic rings. The number of carbonyl (C=O) groups excluding carboxylic acids is 2. The average molecular weight is 478 g/mol. The molecule has 4 nitrogen and oxygen atoms in total. The third kappa shape index (κ3) is 4.20. The van der Waals surface area contributed by atoms with Gasteiger partial charge in [0.25, 0.3) is 11.1 Å². The van der Waals surface area contributed by atoms with E-state index in [0.717, 1.165) is 46.0 Å². The van der Waals surface area contributed by atoms with Crippen LogP contribution in [0.4, 0.5) is 23.7 Å². The maximum atomic E-state index is 13.0. The van der Waals surface area contributed by atoms with Gasteiger partial charge in [-0.1, -0.05) is 17.7 Å². The number of alkyl halides is 3. The van der Waals surface area contributed by atoms with Gasteiger partial charge in [-0.2, -0.15) is 13.2 Å². The Kier molecular flexibility index (Phi) is 5.68. The highest BCUT2D eigenvalue weighted by Gasteiger charge is 2.36. The molecule has 2 amide bonds. The van der Waals surface area contributed by atoms with Crippen LogP contribution < -0.4 is 4.90 Å². The second-order valence-electron chi connectivity index (χ2n) is 7.18. The fourth-order valence-corrected chi connectivity index (χ4v) is 4.18. The van der Waals surface area contributed by atoms with Crippen molar-refractivity contribution in [2.45, 2.75) is 20.0 Å². The molecule has 0 bridgehead atoms. The average Bonchev–Trinajstić information content (AvgIpc) is 3.28. The molecule has 1 aliphatic heterocycles. The zero-order valence-electron chi connectivity index (χ0n) is 16.8. The van der Waals surface area contributed by atoms with E-state index in [9.17, 15) is 22.8 Å². The molecule has 0 unspecified atom stereocenters. The molecule has 0 radical (unpaired) electrons. The molecule has 0 N–H and O–H groups in total. The molecule has 0 atom stereocenters. The third-order valence-corrected chi connectivity index (χ3v) is 6.20. The Morgan fingerprint density at radius 3 is 2.44 bits per heavy atom. The van der Waals surface area contributed by atoms with Gasteiger partial charge in [-0.25, -0.2) is 4.90 Å². The second-order valence-corrected chi connectivity index (χ2v) is 8.58. The highest BCUT2D eigenvalue weighted by molar-refractivity contribution is 8.19. The number of carbonyl (C=O) groups is 2. The summed E-state index contributed by atoms with van der Waals surface area (Å²) in [5.74, 6) is -0.182. The van der Waals surface area contributed by atoms with Crippen molar-refractivity contribution in [3.8, 4) is 11.3 Å². The zero-order valence-corrected chi connectivity index (χ0v) is 18.4. The number of rotatable bonds is 3. The van der Waals surface area contributed by atoms with E-state index in [-0.39, 0.29) is 27.0 Å². The molecule has 2 aromatic carbocycles. The molecule has 3 aromatic rings. The molecule has 1 saturated heterocycles. The number of hydrogen-bond donors (Lipinski definition) is 0. The fourth-order valence-electron chi connectivity index (χ4n) is 3.15. The molecule has 4 rings (SSSR count). The summed E-state index contributed by atoms with van der Waals surface area (Å²) in [7, 11) is 0. The molecule has 0 aliphatic carbocycles. The van der Waals surface area contributed by atoms with Gasteiger partial charge >= 0.3 is 6.18 Å². The molecule has 1 fully saturated rings. The Balaban J connectivity index is 1.63. The van der Waals surface area contributed by atoms with Crippen molar-refractivity contribution in [2.75, 3.05) is 4.90 Å². The fraction of sp³-hybridized carbons (Fsp3) is 0.130. The van der Waals surface area contributed by atoms with Gasteiger partial charge in [0.2, 0.25) is 0 Å². The smallest absolute Gasteiger partial charge is 0.416 e. The quantitative estimate of drug-likeness (QED) is 0.367. The van der Waals surface area contributed by atoms with Crippen LogP contribution >= 0.6 is 23.4 Å². The van der Waals surface area contributed by atoms with Crippen LogP contribution in [0.2, 0.25) is 5.02 Å². The summed E-state index contributed by atoms with van der Waals surface area (Å²) in [4.78, 5) is 26.5. The van der Waals surface area contributed by atoms with Crippen LogP contribution in [0.5, 0.6) is 0 Å². The maximum Gasteiger partial charge on any atom is 0.416 e. The van der Waals surface area contributed by atoms with E-state index in [1.165, 1.54) is 18.2 Å². The van der Waals surface area contributed by atoms with Crippen LogP contribution in [0.3, 0.4) is 0 Å². The van der Waals surface area contributed by atoms with E-state index < -0.39 is 22.9 Å². The lowest BCUT2D eigenvalue weighted by molar-refractivity contribution is -0.137. The Morgan fingerprint density at radius 2 is 1.75 bits per heavy atom. The number of anilines is 1. The van der Waals surface area contributed by atoms with Crippen LogP contribution in [0.15, 0.2) is 57.9 Å². The number of halogens is 4. The number of amides is 2. The molecule has 164 valence electrons. The molecule has 0 spiro atoms. The summed E-state index contributed by atoms with van der Waals surface area (Å²) < 4.78 is 44.7. The Labute approximate surface area is 190 Å². The number of benzene rings is 2. The summed E-state index contributed by atoms with van der Waals surface area (Å²) >= 11 is 6.82. The molecule has 32 heavy (non-hydrogen) atoms. The van der Waals surface area contributed by atoms with Crippen LogP contribution in [-0.4, -0.2) is 11.1 Å². The predicted octanol–water partition coefficient (Wildman–Crippen LogP) is 7.48. The summed E-state index contributed by atoms with van der Waals surface area (Å²) in [6.45, 7) is 3.81. The van der Waals surface area contributed by atoms with Gasteiger partial charge in [-0.15, -0.1) is 0 Å². The largest absolute Gasteiger partial charge is 0.457 e. The SMILES string of the molecule is Cc1ccc(N2C(=O)S/C(=C\c3ccc(-c4cc(C(F)(F)F)ccc4Cl)o3)C2=O)cc1C. The van der Waals surface area contributed by atoms with Crippen LogP contribution in [-0.2, 0) is 11.0 Å². The van der Waals surface area contributed by atoms with Crippen molar-refractivity contribution in [2.24, 2.45) is 0 Å². The number of hydrogen-bond acceptors (Lipinski definition) is 4. The Hall–Kier alpha value is -2.97. The third-order valence-electron chi connectivity index (χ3n) is 5.00. The molecule has 9 heteroatoms. The normalized spacial score (nSPS) is 15.8. The van der Waals surface area contributed by atoms with Crippen molar-refractivity contribution >= 4 is 46.3 Å². The lowest BCUT2D eigenvalue weighted by atomic mass is 10.1. The summed E-state index contributed by atoms with van der Waals surface area (Å²) in [6.07, 6.45) is -3.14. The lowest BCUT2D eigenvalue weighted by Crippen LogP contribution is -2.27. The number of furan rings is 1. The van der Waals surface area contributed by atoms with Crippen LogP contribution in [0.1, 0.15) is 22.5 Å². The Morgan fingerprint density at radius 1 is 1.00 bits per heavy atom. The van der Waals surface area contributed by atoms with Gasteiger partial charge in [0.05, 0.1) is 21.2 Å². The first-order valence-electron chi connectivity index (χ1n) is 9.37. The highest BCUT2D eigenvalue weighted by atomic mass is 35.5. The van der Waals surface area contributed by atoms with Gasteiger partial charge < -0.3 is 4.42 Å². The minimum absolute atomic E-state index is 0.0735. The van der Waals surface area contributed by atoms with Gasteiger partial charge in [0.15, 0.2) is 0 Å². The van der Waals surface area contributed by atoms with E-state index in [1.807, 2.05) is 19.9 Å². The summed E-state index contributed by atoms with van der Waals surface area (Å²) in [5.41, 5.74) is 1.66. The van der Waals surface area contributed by atoms with Gasteiger partial charge in [0.1, 0.15) is 11.5 Å². The first-order chi connectivity index (χ1) is 15.0. The molecular weight excluding hydrogens is 463 g/mol. The minimum atomic E-state index is -4.53. The zero-order chi connectivity index (χ0) is 23.2. The molecule has 2 heterocycles. The van der Waals surface area contributed by atoms with Crippen molar-refractivity contribution in [1.29, 1.82) is 0 Å². The topological polar surface area (TPSA) is 50.5 Å². The predicted molar refractivity (Wildman–Crippen MR) is 119 cm³/mol. The summed E-state index contributed by atoms with van der Waals surface area (Å²) in [6, 6.07) is 11.2. The number of imide groups is 1. The number of aryl methyl sites for hydroxylation is 2. The van der Waals surface area contributed by atoms with E-state index >= 15 is 0 Å². The molecular formula is C23H15ClF3NO3S. The van der Waals surface area contributed by atoms with E-state index in [0.29, 0.717) is 5.69 Å². The second kappa shape index (κ2) is 8.18.